The van der Waals surface area contributed by atoms with Gasteiger partial charge in [0.1, 0.15) is 4.83 Å². The zero-order valence-corrected chi connectivity index (χ0v) is 16.9. The molecule has 13 heteroatoms. The Labute approximate surface area is 175 Å². The van der Waals surface area contributed by atoms with Gasteiger partial charge < -0.3 is 16.2 Å². The van der Waals surface area contributed by atoms with Crippen LogP contribution in [0.1, 0.15) is 4.88 Å². The van der Waals surface area contributed by atoms with Crippen LogP contribution < -0.4 is 16.6 Å². The number of aliphatic carboxylic acids is 1. The largest absolute Gasteiger partial charge is 0.490 e. The number of rotatable bonds is 6. The summed E-state index contributed by atoms with van der Waals surface area (Å²) < 4.78 is 33.2. The van der Waals surface area contributed by atoms with Crippen LogP contribution in [-0.4, -0.2) is 45.3 Å². The van der Waals surface area contributed by atoms with E-state index >= 15 is 0 Å². The molecule has 3 rings (SSSR count). The van der Waals surface area contributed by atoms with E-state index < -0.39 is 18.2 Å². The van der Waals surface area contributed by atoms with Crippen LogP contribution in [0, 0.1) is 0 Å². The molecule has 0 aliphatic carbocycles. The molecule has 0 bridgehead atoms. The lowest BCUT2D eigenvalue weighted by atomic mass is 10.2. The predicted molar refractivity (Wildman–Crippen MR) is 107 cm³/mol. The second-order valence-corrected chi connectivity index (χ2v) is 7.79. The smallest absolute Gasteiger partial charge is 0.475 e. The zero-order valence-electron chi connectivity index (χ0n) is 15.3. The molecule has 1 amide bonds. The van der Waals surface area contributed by atoms with Crippen molar-refractivity contribution in [2.24, 2.45) is 5.73 Å². The van der Waals surface area contributed by atoms with Gasteiger partial charge in [-0.2, -0.15) is 13.2 Å². The van der Waals surface area contributed by atoms with Crippen LogP contribution in [0.2, 0.25) is 0 Å². The number of fused-ring (bicyclic) bond motifs is 1. The van der Waals surface area contributed by atoms with Crippen molar-refractivity contribution in [3.63, 3.8) is 0 Å². The molecule has 0 spiro atoms. The normalized spacial score (nSPS) is 12.1. The number of thiophene rings is 2. The fraction of sp³-hybridized carbons (Fsp3) is 0.294. The number of nitrogens with one attached hydrogen (secondary N) is 1. The molecular weight excluding hydrogens is 445 g/mol. The standard InChI is InChI=1S/C15H16N4O2S2.C2HF3O2/c16-12(8-10-2-1-6-22-10)13(20)17-4-5-19-9-18-14-11(15(19)21)3-7-23-14;3-2(4,5)1(6)7/h1-3,6-7,9,12H,4-5,8,16H2,(H,17,20);(H,6,7). The summed E-state index contributed by atoms with van der Waals surface area (Å²) in [6, 6.07) is 5.08. The van der Waals surface area contributed by atoms with Gasteiger partial charge >= 0.3 is 12.1 Å². The van der Waals surface area contributed by atoms with E-state index in [1.165, 1.54) is 22.2 Å². The maximum atomic E-state index is 12.2. The predicted octanol–water partition coefficient (Wildman–Crippen LogP) is 1.84. The van der Waals surface area contributed by atoms with Crippen LogP contribution in [-0.2, 0) is 22.6 Å². The molecule has 8 nitrogen and oxygen atoms in total. The molecule has 0 aromatic carbocycles. The summed E-state index contributed by atoms with van der Waals surface area (Å²) in [6.45, 7) is 0.712. The van der Waals surface area contributed by atoms with Crippen molar-refractivity contribution in [1.29, 1.82) is 0 Å². The SMILES string of the molecule is NC(Cc1cccs1)C(=O)NCCn1cnc2sccc2c1=O.O=C(O)C(F)(F)F. The lowest BCUT2D eigenvalue weighted by Crippen LogP contribution is -2.43. The van der Waals surface area contributed by atoms with E-state index in [2.05, 4.69) is 10.3 Å². The molecule has 0 radical (unpaired) electrons. The minimum absolute atomic E-state index is 0.0895. The first kappa shape index (κ1) is 23.5. The monoisotopic (exact) mass is 462 g/mol. The van der Waals surface area contributed by atoms with E-state index in [1.807, 2.05) is 22.9 Å². The number of halogens is 3. The number of hydrogen-bond acceptors (Lipinski definition) is 7. The lowest BCUT2D eigenvalue weighted by molar-refractivity contribution is -0.192. The number of amides is 1. The molecule has 3 heterocycles. The second-order valence-electron chi connectivity index (χ2n) is 5.87. The first-order valence-electron chi connectivity index (χ1n) is 8.38. The topological polar surface area (TPSA) is 127 Å². The van der Waals surface area contributed by atoms with Crippen molar-refractivity contribution in [3.8, 4) is 0 Å². The van der Waals surface area contributed by atoms with Gasteiger partial charge in [-0.1, -0.05) is 6.07 Å². The van der Waals surface area contributed by atoms with Crippen LogP contribution in [0.4, 0.5) is 13.2 Å². The van der Waals surface area contributed by atoms with Crippen LogP contribution in [0.15, 0.2) is 40.1 Å². The Morgan fingerprint density at radius 3 is 2.57 bits per heavy atom. The molecule has 3 aromatic rings. The highest BCUT2D eigenvalue weighted by atomic mass is 32.1. The summed E-state index contributed by atoms with van der Waals surface area (Å²) in [6.07, 6.45) is -3.05. The number of hydrogen-bond donors (Lipinski definition) is 3. The van der Waals surface area contributed by atoms with Gasteiger partial charge in [-0.3, -0.25) is 14.2 Å². The first-order chi connectivity index (χ1) is 14.1. The highest BCUT2D eigenvalue weighted by molar-refractivity contribution is 7.16. The molecule has 0 saturated heterocycles. The fourth-order valence-corrected chi connectivity index (χ4v) is 3.71. The van der Waals surface area contributed by atoms with Crippen LogP contribution in [0.25, 0.3) is 10.2 Å². The van der Waals surface area contributed by atoms with Gasteiger partial charge in [-0.25, -0.2) is 9.78 Å². The molecule has 0 aliphatic heterocycles. The molecule has 3 aromatic heterocycles. The minimum Gasteiger partial charge on any atom is -0.475 e. The van der Waals surface area contributed by atoms with Gasteiger partial charge in [0.05, 0.1) is 17.8 Å². The number of carbonyl (C=O) groups is 2. The summed E-state index contributed by atoms with van der Waals surface area (Å²) in [7, 11) is 0. The number of aromatic nitrogens is 2. The molecule has 0 fully saturated rings. The van der Waals surface area contributed by atoms with Gasteiger partial charge in [-0.15, -0.1) is 22.7 Å². The van der Waals surface area contributed by atoms with E-state index in [9.17, 15) is 22.8 Å². The van der Waals surface area contributed by atoms with Gasteiger partial charge in [0.15, 0.2) is 0 Å². The van der Waals surface area contributed by atoms with Crippen LogP contribution >= 0.6 is 22.7 Å². The number of nitrogens with two attached hydrogens (primary N) is 1. The van der Waals surface area contributed by atoms with E-state index in [4.69, 9.17) is 15.6 Å². The average molecular weight is 462 g/mol. The quantitative estimate of drug-likeness (QED) is 0.513. The first-order valence-corrected chi connectivity index (χ1v) is 10.1. The highest BCUT2D eigenvalue weighted by Crippen LogP contribution is 2.14. The van der Waals surface area contributed by atoms with Crippen LogP contribution in [0.3, 0.4) is 0 Å². The number of nitrogens with zero attached hydrogens (tertiary/aromatic N) is 2. The Hall–Kier alpha value is -2.77. The molecular formula is C17H17F3N4O4S2. The van der Waals surface area contributed by atoms with E-state index in [-0.39, 0.29) is 11.5 Å². The fourth-order valence-electron chi connectivity index (χ4n) is 2.22. The number of carbonyl (C=O) groups excluding carboxylic acids is 1. The Kier molecular flexibility index (Phi) is 8.08. The molecule has 4 N–H and O–H groups in total. The van der Waals surface area contributed by atoms with Gasteiger partial charge in [0.25, 0.3) is 5.56 Å². The third-order valence-corrected chi connectivity index (χ3v) is 5.40. The van der Waals surface area contributed by atoms with E-state index in [0.29, 0.717) is 24.9 Å². The molecule has 30 heavy (non-hydrogen) atoms. The Morgan fingerprint density at radius 2 is 1.97 bits per heavy atom. The number of carboxylic acids is 1. The summed E-state index contributed by atoms with van der Waals surface area (Å²) in [5.74, 6) is -2.97. The van der Waals surface area contributed by atoms with Crippen molar-refractivity contribution in [1.82, 2.24) is 14.9 Å². The highest BCUT2D eigenvalue weighted by Gasteiger charge is 2.38. The Balaban J connectivity index is 0.000000396. The van der Waals surface area contributed by atoms with Crippen molar-refractivity contribution in [3.05, 3.63) is 50.5 Å². The maximum absolute atomic E-state index is 12.2. The summed E-state index contributed by atoms with van der Waals surface area (Å²) in [5.41, 5.74) is 5.80. The van der Waals surface area contributed by atoms with Crippen molar-refractivity contribution < 1.29 is 27.9 Å². The average Bonchev–Trinajstić information content (AvgIpc) is 3.35. The number of carboxylic acid groups (broad SMARTS) is 1. The summed E-state index contributed by atoms with van der Waals surface area (Å²) in [5, 5.41) is 14.3. The van der Waals surface area contributed by atoms with Crippen molar-refractivity contribution >= 4 is 44.8 Å². The summed E-state index contributed by atoms with van der Waals surface area (Å²) in [4.78, 5) is 39.1. The minimum atomic E-state index is -5.08. The summed E-state index contributed by atoms with van der Waals surface area (Å²) >= 11 is 3.02. The molecule has 0 aliphatic rings. The van der Waals surface area contributed by atoms with Crippen molar-refractivity contribution in [2.75, 3.05) is 6.54 Å². The van der Waals surface area contributed by atoms with E-state index in [1.54, 1.807) is 17.4 Å². The maximum Gasteiger partial charge on any atom is 0.490 e. The van der Waals surface area contributed by atoms with Gasteiger partial charge in [-0.05, 0) is 22.9 Å². The molecule has 1 unspecified atom stereocenters. The third kappa shape index (κ3) is 6.64. The van der Waals surface area contributed by atoms with Crippen molar-refractivity contribution in [2.45, 2.75) is 25.2 Å². The Bertz CT molecular complexity index is 1050. The molecule has 0 saturated carbocycles. The number of alkyl halides is 3. The van der Waals surface area contributed by atoms with Crippen LogP contribution in [0.5, 0.6) is 0 Å². The van der Waals surface area contributed by atoms with E-state index in [0.717, 1.165) is 9.71 Å². The molecule has 162 valence electrons. The second kappa shape index (κ2) is 10.3. The zero-order chi connectivity index (χ0) is 22.3. The Morgan fingerprint density at radius 1 is 1.27 bits per heavy atom. The molecule has 1 atom stereocenters. The van der Waals surface area contributed by atoms with Gasteiger partial charge in [0.2, 0.25) is 5.91 Å². The van der Waals surface area contributed by atoms with Gasteiger partial charge in [0, 0.05) is 24.4 Å². The third-order valence-electron chi connectivity index (χ3n) is 3.68. The lowest BCUT2D eigenvalue weighted by Gasteiger charge is -2.12.